The van der Waals surface area contributed by atoms with Gasteiger partial charge in [0.15, 0.2) is 5.78 Å². The summed E-state index contributed by atoms with van der Waals surface area (Å²) in [4.78, 5) is 12.9. The Hall–Kier alpha value is -1.57. The Morgan fingerprint density at radius 2 is 2.23 bits per heavy atom. The Morgan fingerprint density at radius 3 is 2.77 bits per heavy atom. The van der Waals surface area contributed by atoms with Gasteiger partial charge in [0.1, 0.15) is 0 Å². The summed E-state index contributed by atoms with van der Waals surface area (Å²) >= 11 is 0. The number of carbonyl (C=O) groups is 1. The van der Waals surface area contributed by atoms with Gasteiger partial charge in [-0.15, -0.1) is 0 Å². The highest BCUT2D eigenvalue weighted by molar-refractivity contribution is 5.96. The molecule has 1 heterocycles. The molecule has 0 aromatic heterocycles. The molecule has 0 radical (unpaired) electrons. The van der Waals surface area contributed by atoms with Crippen LogP contribution in [0.3, 0.4) is 0 Å². The minimum Gasteiger partial charge on any atom is -0.324 e. The number of hydrogen-bond acceptors (Lipinski definition) is 2. The lowest BCUT2D eigenvalue weighted by Crippen LogP contribution is -2.12. The maximum Gasteiger partial charge on any atom is 0.161 e. The van der Waals surface area contributed by atoms with Crippen molar-refractivity contribution in [1.29, 1.82) is 0 Å². The number of nitrogens with zero attached hydrogens (tertiary/aromatic N) is 1. The SMILES string of the molecule is C=C1C=CC(C(C)=O)=CN1/C=C\C. The molecule has 0 aliphatic carbocycles. The van der Waals surface area contributed by atoms with Crippen LogP contribution in [-0.4, -0.2) is 10.7 Å². The third-order valence-electron chi connectivity index (χ3n) is 1.78. The number of hydrogen-bond donors (Lipinski definition) is 0. The molecule has 0 aromatic carbocycles. The third kappa shape index (κ3) is 2.18. The van der Waals surface area contributed by atoms with E-state index in [2.05, 4.69) is 6.58 Å². The molecule has 1 aliphatic heterocycles. The number of Topliss-reactive ketones (excluding diaryl/α,β-unsaturated/α-hetero) is 1. The predicted octanol–water partition coefficient (Wildman–Crippen LogP) is 2.38. The quantitative estimate of drug-likeness (QED) is 0.642. The van der Waals surface area contributed by atoms with Crippen LogP contribution in [0.5, 0.6) is 0 Å². The van der Waals surface area contributed by atoms with E-state index in [1.54, 1.807) is 19.2 Å². The van der Waals surface area contributed by atoms with E-state index < -0.39 is 0 Å². The fourth-order valence-electron chi connectivity index (χ4n) is 1.06. The normalized spacial score (nSPS) is 16.6. The lowest BCUT2D eigenvalue weighted by Gasteiger charge is -2.20. The van der Waals surface area contributed by atoms with Gasteiger partial charge in [-0.1, -0.05) is 12.7 Å². The fraction of sp³-hybridized carbons (Fsp3) is 0.182. The van der Waals surface area contributed by atoms with Crippen molar-refractivity contribution in [3.63, 3.8) is 0 Å². The molecule has 0 bridgehead atoms. The summed E-state index contributed by atoms with van der Waals surface area (Å²) in [6.07, 6.45) is 9.17. The molecule has 0 saturated carbocycles. The highest BCUT2D eigenvalue weighted by Gasteiger charge is 2.08. The highest BCUT2D eigenvalue weighted by atomic mass is 16.1. The van der Waals surface area contributed by atoms with Crippen LogP contribution in [0.25, 0.3) is 0 Å². The molecule has 0 N–H and O–H groups in total. The smallest absolute Gasteiger partial charge is 0.161 e. The van der Waals surface area contributed by atoms with E-state index in [0.29, 0.717) is 5.57 Å². The first-order chi connectivity index (χ1) is 6.15. The molecule has 68 valence electrons. The zero-order valence-electron chi connectivity index (χ0n) is 7.95. The Kier molecular flexibility index (Phi) is 2.85. The summed E-state index contributed by atoms with van der Waals surface area (Å²) in [5.74, 6) is 0.0678. The zero-order chi connectivity index (χ0) is 9.84. The standard InChI is InChI=1S/C11H13NO/c1-4-7-12-8-11(10(3)13)6-5-9(12)2/h4-8H,2H2,1,3H3/b7-4-. The fourth-order valence-corrected chi connectivity index (χ4v) is 1.06. The van der Waals surface area contributed by atoms with Crippen molar-refractivity contribution in [2.45, 2.75) is 13.8 Å². The van der Waals surface area contributed by atoms with Crippen LogP contribution in [0.2, 0.25) is 0 Å². The Balaban J connectivity index is 2.93. The molecule has 0 aromatic rings. The molecule has 1 rings (SSSR count). The van der Waals surface area contributed by atoms with Crippen molar-refractivity contribution >= 4 is 5.78 Å². The minimum atomic E-state index is 0.0678. The van der Waals surface area contributed by atoms with Gasteiger partial charge < -0.3 is 4.90 Å². The maximum atomic E-state index is 11.1. The van der Waals surface area contributed by atoms with Crippen molar-refractivity contribution in [2.24, 2.45) is 0 Å². The maximum absolute atomic E-state index is 11.1. The van der Waals surface area contributed by atoms with E-state index in [-0.39, 0.29) is 5.78 Å². The number of carbonyl (C=O) groups excluding carboxylic acids is 1. The van der Waals surface area contributed by atoms with E-state index in [1.165, 1.54) is 0 Å². The Morgan fingerprint density at radius 1 is 1.54 bits per heavy atom. The second-order valence-corrected chi connectivity index (χ2v) is 2.85. The van der Waals surface area contributed by atoms with Crippen molar-refractivity contribution in [3.8, 4) is 0 Å². The highest BCUT2D eigenvalue weighted by Crippen LogP contribution is 2.16. The second-order valence-electron chi connectivity index (χ2n) is 2.85. The van der Waals surface area contributed by atoms with Crippen molar-refractivity contribution < 1.29 is 4.79 Å². The molecule has 0 unspecified atom stereocenters. The van der Waals surface area contributed by atoms with Crippen molar-refractivity contribution in [3.05, 3.63) is 48.5 Å². The van der Waals surface area contributed by atoms with Gasteiger partial charge in [0.2, 0.25) is 0 Å². The van der Waals surface area contributed by atoms with Crippen molar-refractivity contribution in [2.75, 3.05) is 0 Å². The lowest BCUT2D eigenvalue weighted by atomic mass is 10.1. The molecule has 2 heteroatoms. The molecular formula is C11H13NO. The van der Waals surface area contributed by atoms with E-state index in [1.807, 2.05) is 30.2 Å². The van der Waals surface area contributed by atoms with Gasteiger partial charge in [-0.05, 0) is 26.0 Å². The van der Waals surface area contributed by atoms with E-state index in [0.717, 1.165) is 5.70 Å². The van der Waals surface area contributed by atoms with Gasteiger partial charge in [0.25, 0.3) is 0 Å². The first kappa shape index (κ1) is 9.52. The van der Waals surface area contributed by atoms with Crippen molar-refractivity contribution in [1.82, 2.24) is 4.90 Å². The van der Waals surface area contributed by atoms with Crippen LogP contribution in [0.4, 0.5) is 0 Å². The molecule has 0 spiro atoms. The molecule has 0 atom stereocenters. The summed E-state index contributed by atoms with van der Waals surface area (Å²) in [6, 6.07) is 0. The van der Waals surface area contributed by atoms with Crippen LogP contribution in [0, 0.1) is 0 Å². The number of ketones is 1. The average Bonchev–Trinajstić information content (AvgIpc) is 2.08. The molecule has 0 saturated heterocycles. The molecular weight excluding hydrogens is 162 g/mol. The first-order valence-electron chi connectivity index (χ1n) is 4.16. The summed E-state index contributed by atoms with van der Waals surface area (Å²) in [5, 5.41) is 0. The van der Waals surface area contributed by atoms with Gasteiger partial charge in [-0.2, -0.15) is 0 Å². The van der Waals surface area contributed by atoms with E-state index in [4.69, 9.17) is 0 Å². The topological polar surface area (TPSA) is 20.3 Å². The zero-order valence-corrected chi connectivity index (χ0v) is 7.95. The lowest BCUT2D eigenvalue weighted by molar-refractivity contribution is -0.113. The summed E-state index contributed by atoms with van der Waals surface area (Å²) in [6.45, 7) is 7.32. The molecule has 0 amide bonds. The van der Waals surface area contributed by atoms with Gasteiger partial charge >= 0.3 is 0 Å². The van der Waals surface area contributed by atoms with Gasteiger partial charge in [0.05, 0.1) is 0 Å². The van der Waals surface area contributed by atoms with Gasteiger partial charge in [0, 0.05) is 23.7 Å². The number of rotatable bonds is 2. The second kappa shape index (κ2) is 3.90. The Labute approximate surface area is 78.5 Å². The molecule has 0 fully saturated rings. The van der Waals surface area contributed by atoms with Crippen LogP contribution in [-0.2, 0) is 4.79 Å². The largest absolute Gasteiger partial charge is 0.324 e. The van der Waals surface area contributed by atoms with E-state index >= 15 is 0 Å². The monoisotopic (exact) mass is 175 g/mol. The molecule has 13 heavy (non-hydrogen) atoms. The van der Waals surface area contributed by atoms with E-state index in [9.17, 15) is 4.79 Å². The Bertz CT molecular complexity index is 321. The third-order valence-corrected chi connectivity index (χ3v) is 1.78. The predicted molar refractivity (Wildman–Crippen MR) is 53.7 cm³/mol. The summed E-state index contributed by atoms with van der Waals surface area (Å²) in [5.41, 5.74) is 1.56. The van der Waals surface area contributed by atoms with Crippen LogP contribution in [0.15, 0.2) is 48.5 Å². The van der Waals surface area contributed by atoms with Crippen LogP contribution in [0.1, 0.15) is 13.8 Å². The van der Waals surface area contributed by atoms with Crippen LogP contribution >= 0.6 is 0 Å². The first-order valence-corrected chi connectivity index (χ1v) is 4.16. The van der Waals surface area contributed by atoms with Crippen LogP contribution < -0.4 is 0 Å². The molecule has 1 aliphatic rings. The molecule has 2 nitrogen and oxygen atoms in total. The van der Waals surface area contributed by atoms with Gasteiger partial charge in [-0.3, -0.25) is 4.79 Å². The summed E-state index contributed by atoms with van der Waals surface area (Å²) in [7, 11) is 0. The van der Waals surface area contributed by atoms with Gasteiger partial charge in [-0.25, -0.2) is 0 Å². The number of allylic oxidation sites excluding steroid dienone is 4. The summed E-state index contributed by atoms with van der Waals surface area (Å²) < 4.78 is 0. The average molecular weight is 175 g/mol. The minimum absolute atomic E-state index is 0.0678.